The Bertz CT molecular complexity index is 466. The molecular weight excluding hydrogens is 245 g/mol. The molecule has 0 amide bonds. The number of hydrogen-bond acceptors (Lipinski definition) is 2. The van der Waals surface area contributed by atoms with Gasteiger partial charge in [-0.2, -0.15) is 13.2 Å². The van der Waals surface area contributed by atoms with E-state index < -0.39 is 17.4 Å². The first-order chi connectivity index (χ1) is 8.14. The van der Waals surface area contributed by atoms with E-state index in [-0.39, 0.29) is 11.3 Å². The van der Waals surface area contributed by atoms with Crippen molar-refractivity contribution >= 4 is 0 Å². The molecule has 5 heteroatoms. The lowest BCUT2D eigenvalue weighted by Crippen LogP contribution is -2.43. The van der Waals surface area contributed by atoms with Crippen LogP contribution in [0, 0.1) is 6.92 Å². The average molecular weight is 260 g/mol. The van der Waals surface area contributed by atoms with E-state index in [9.17, 15) is 18.3 Å². The minimum absolute atomic E-state index is 0.0246. The van der Waals surface area contributed by atoms with Crippen molar-refractivity contribution in [2.45, 2.75) is 25.6 Å². The third kappa shape index (κ3) is 2.22. The summed E-state index contributed by atoms with van der Waals surface area (Å²) in [6, 6.07) is 4.25. The van der Waals surface area contributed by atoms with Crippen LogP contribution in [0.1, 0.15) is 18.1 Å². The molecule has 0 saturated carbocycles. The fourth-order valence-corrected chi connectivity index (χ4v) is 1.73. The highest BCUT2D eigenvalue weighted by molar-refractivity contribution is 5.46. The van der Waals surface area contributed by atoms with Crippen LogP contribution in [0.4, 0.5) is 13.2 Å². The van der Waals surface area contributed by atoms with Crippen LogP contribution in [-0.2, 0) is 5.60 Å². The Labute approximate surface area is 104 Å². The van der Waals surface area contributed by atoms with Crippen molar-refractivity contribution in [3.8, 4) is 5.75 Å². The molecule has 1 atom stereocenters. The third-order valence-corrected chi connectivity index (χ3v) is 2.77. The second-order valence-electron chi connectivity index (χ2n) is 4.19. The lowest BCUT2D eigenvalue weighted by atomic mass is 9.85. The summed E-state index contributed by atoms with van der Waals surface area (Å²) in [5.41, 5.74) is -3.26. The summed E-state index contributed by atoms with van der Waals surface area (Å²) in [4.78, 5) is 0. The number of halogens is 3. The number of alkyl halides is 3. The SMILES string of the molecule is C=C(C)C(O)(c1cc(C)ccc1OC)C(F)(F)F. The molecule has 18 heavy (non-hydrogen) atoms. The van der Waals surface area contributed by atoms with E-state index in [4.69, 9.17) is 4.74 Å². The molecule has 1 unspecified atom stereocenters. The van der Waals surface area contributed by atoms with E-state index in [1.807, 2.05) is 0 Å². The van der Waals surface area contributed by atoms with E-state index in [0.717, 1.165) is 6.92 Å². The molecule has 2 nitrogen and oxygen atoms in total. The van der Waals surface area contributed by atoms with Gasteiger partial charge in [0.1, 0.15) is 5.75 Å². The largest absolute Gasteiger partial charge is 0.496 e. The minimum Gasteiger partial charge on any atom is -0.496 e. The van der Waals surface area contributed by atoms with Gasteiger partial charge in [-0.05, 0) is 31.6 Å². The molecule has 100 valence electrons. The normalized spacial score (nSPS) is 15.1. The van der Waals surface area contributed by atoms with Crippen LogP contribution < -0.4 is 4.74 Å². The van der Waals surface area contributed by atoms with Crippen LogP contribution in [0.25, 0.3) is 0 Å². The molecule has 1 aromatic carbocycles. The Morgan fingerprint density at radius 2 is 1.89 bits per heavy atom. The van der Waals surface area contributed by atoms with Gasteiger partial charge in [-0.25, -0.2) is 0 Å². The summed E-state index contributed by atoms with van der Waals surface area (Å²) < 4.78 is 44.3. The molecule has 0 radical (unpaired) electrons. The number of methoxy groups -OCH3 is 1. The maximum absolute atomic E-state index is 13.1. The monoisotopic (exact) mass is 260 g/mol. The topological polar surface area (TPSA) is 29.5 Å². The summed E-state index contributed by atoms with van der Waals surface area (Å²) in [6.45, 7) is 6.02. The second kappa shape index (κ2) is 4.65. The van der Waals surface area contributed by atoms with Crippen molar-refractivity contribution in [1.29, 1.82) is 0 Å². The van der Waals surface area contributed by atoms with Gasteiger partial charge in [-0.1, -0.05) is 18.2 Å². The van der Waals surface area contributed by atoms with E-state index in [1.165, 1.54) is 19.2 Å². The number of benzene rings is 1. The quantitative estimate of drug-likeness (QED) is 0.845. The van der Waals surface area contributed by atoms with Crippen LogP contribution in [0.15, 0.2) is 30.4 Å². The molecule has 0 fully saturated rings. The Morgan fingerprint density at radius 1 is 1.33 bits per heavy atom. The van der Waals surface area contributed by atoms with Crippen LogP contribution >= 0.6 is 0 Å². The van der Waals surface area contributed by atoms with E-state index >= 15 is 0 Å². The first-order valence-electron chi connectivity index (χ1n) is 5.24. The molecular formula is C13H15F3O2. The van der Waals surface area contributed by atoms with Crippen molar-refractivity contribution in [3.63, 3.8) is 0 Å². The minimum atomic E-state index is -4.86. The van der Waals surface area contributed by atoms with Gasteiger partial charge in [0.05, 0.1) is 7.11 Å². The highest BCUT2D eigenvalue weighted by atomic mass is 19.4. The van der Waals surface area contributed by atoms with Crippen LogP contribution in [0.2, 0.25) is 0 Å². The molecule has 1 rings (SSSR count). The van der Waals surface area contributed by atoms with Crippen molar-refractivity contribution < 1.29 is 23.0 Å². The van der Waals surface area contributed by atoms with Gasteiger partial charge in [0.2, 0.25) is 5.60 Å². The van der Waals surface area contributed by atoms with Gasteiger partial charge in [-0.15, -0.1) is 0 Å². The van der Waals surface area contributed by atoms with Crippen molar-refractivity contribution in [1.82, 2.24) is 0 Å². The Morgan fingerprint density at radius 3 is 2.28 bits per heavy atom. The highest BCUT2D eigenvalue weighted by Crippen LogP contribution is 2.46. The standard InChI is InChI=1S/C13H15F3O2/c1-8(2)12(17,13(14,15)16)10-7-9(3)5-6-11(10)18-4/h5-7,17H,1H2,2-4H3. The molecule has 1 N–H and O–H groups in total. The zero-order valence-electron chi connectivity index (χ0n) is 10.4. The van der Waals surface area contributed by atoms with Crippen LogP contribution in [0.3, 0.4) is 0 Å². The lowest BCUT2D eigenvalue weighted by molar-refractivity contribution is -0.250. The second-order valence-corrected chi connectivity index (χ2v) is 4.19. The van der Waals surface area contributed by atoms with E-state index in [2.05, 4.69) is 6.58 Å². The molecule has 0 saturated heterocycles. The van der Waals surface area contributed by atoms with Crippen LogP contribution in [0.5, 0.6) is 5.75 Å². The van der Waals surface area contributed by atoms with Gasteiger partial charge in [-0.3, -0.25) is 0 Å². The zero-order valence-corrected chi connectivity index (χ0v) is 10.4. The number of ether oxygens (including phenoxy) is 1. The average Bonchev–Trinajstić information content (AvgIpc) is 2.26. The third-order valence-electron chi connectivity index (χ3n) is 2.77. The summed E-state index contributed by atoms with van der Waals surface area (Å²) in [5, 5.41) is 10.0. The Kier molecular flexibility index (Phi) is 3.76. The number of hydrogen-bond donors (Lipinski definition) is 1. The van der Waals surface area contributed by atoms with E-state index in [0.29, 0.717) is 5.56 Å². The van der Waals surface area contributed by atoms with Gasteiger partial charge in [0, 0.05) is 5.56 Å². The molecule has 0 heterocycles. The molecule has 0 aliphatic heterocycles. The molecule has 0 aromatic heterocycles. The smallest absolute Gasteiger partial charge is 0.425 e. The first kappa shape index (κ1) is 14.6. The predicted octanol–water partition coefficient (Wildman–Crippen LogP) is 3.33. The fourth-order valence-electron chi connectivity index (χ4n) is 1.73. The zero-order chi connectivity index (χ0) is 14.1. The van der Waals surface area contributed by atoms with E-state index in [1.54, 1.807) is 13.0 Å². The highest BCUT2D eigenvalue weighted by Gasteiger charge is 2.57. The fraction of sp³-hybridized carbons (Fsp3) is 0.385. The van der Waals surface area contributed by atoms with Crippen LogP contribution in [-0.4, -0.2) is 18.4 Å². The van der Waals surface area contributed by atoms with Crippen molar-refractivity contribution in [2.24, 2.45) is 0 Å². The summed E-state index contributed by atoms with van der Waals surface area (Å²) >= 11 is 0. The molecule has 0 aliphatic carbocycles. The number of aryl methyl sites for hydroxylation is 1. The van der Waals surface area contributed by atoms with Gasteiger partial charge in [0.15, 0.2) is 0 Å². The maximum Gasteiger partial charge on any atom is 0.425 e. The van der Waals surface area contributed by atoms with Gasteiger partial charge >= 0.3 is 6.18 Å². The molecule has 0 bridgehead atoms. The Balaban J connectivity index is 3.58. The summed E-state index contributed by atoms with van der Waals surface area (Å²) in [5.74, 6) is -0.0246. The van der Waals surface area contributed by atoms with Crippen molar-refractivity contribution in [3.05, 3.63) is 41.5 Å². The Hall–Kier alpha value is -1.49. The lowest BCUT2D eigenvalue weighted by Gasteiger charge is -2.32. The van der Waals surface area contributed by atoms with Crippen molar-refractivity contribution in [2.75, 3.05) is 7.11 Å². The van der Waals surface area contributed by atoms with Gasteiger partial charge < -0.3 is 9.84 Å². The molecule has 0 spiro atoms. The number of aliphatic hydroxyl groups is 1. The molecule has 0 aliphatic rings. The predicted molar refractivity (Wildman–Crippen MR) is 62.5 cm³/mol. The maximum atomic E-state index is 13.1. The first-order valence-corrected chi connectivity index (χ1v) is 5.24. The molecule has 1 aromatic rings. The summed E-state index contributed by atoms with van der Waals surface area (Å²) in [6.07, 6.45) is -4.86. The number of rotatable bonds is 3. The van der Waals surface area contributed by atoms with Gasteiger partial charge in [0.25, 0.3) is 0 Å². The summed E-state index contributed by atoms with van der Waals surface area (Å²) in [7, 11) is 1.25.